The average Bonchev–Trinajstić information content (AvgIpc) is 3.30. The van der Waals surface area contributed by atoms with Crippen molar-refractivity contribution in [1.29, 1.82) is 0 Å². The molecule has 3 rings (SSSR count). The van der Waals surface area contributed by atoms with E-state index in [1.807, 2.05) is 29.6 Å². The molecule has 0 aliphatic heterocycles. The fourth-order valence-electron chi connectivity index (χ4n) is 2.67. The zero-order valence-electron chi connectivity index (χ0n) is 15.0. The van der Waals surface area contributed by atoms with Gasteiger partial charge >= 0.3 is 0 Å². The molecule has 6 nitrogen and oxygen atoms in total. The van der Waals surface area contributed by atoms with E-state index in [9.17, 15) is 4.79 Å². The Kier molecular flexibility index (Phi) is 5.58. The summed E-state index contributed by atoms with van der Waals surface area (Å²) in [5.41, 5.74) is 1.93. The first-order valence-corrected chi connectivity index (χ1v) is 9.07. The Morgan fingerprint density at radius 1 is 1.23 bits per heavy atom. The van der Waals surface area contributed by atoms with Crippen molar-refractivity contribution in [3.8, 4) is 22.8 Å². The highest BCUT2D eigenvalue weighted by atomic mass is 32.1. The SMILES string of the molecule is COc1ccc(OC)c(-c2cc(C(=O)NCCc3cccs3)n(C)n2)c1. The number of carbonyl (C=O) groups is 1. The van der Waals surface area contributed by atoms with E-state index >= 15 is 0 Å². The van der Waals surface area contributed by atoms with Crippen LogP contribution in [-0.4, -0.2) is 36.5 Å². The average molecular weight is 371 g/mol. The van der Waals surface area contributed by atoms with Crippen LogP contribution in [0.5, 0.6) is 11.5 Å². The normalized spacial score (nSPS) is 10.6. The number of amides is 1. The number of nitrogens with one attached hydrogen (secondary N) is 1. The monoisotopic (exact) mass is 371 g/mol. The highest BCUT2D eigenvalue weighted by Crippen LogP contribution is 2.32. The van der Waals surface area contributed by atoms with E-state index in [4.69, 9.17) is 9.47 Å². The van der Waals surface area contributed by atoms with Crippen LogP contribution in [0.1, 0.15) is 15.4 Å². The van der Waals surface area contributed by atoms with Crippen molar-refractivity contribution < 1.29 is 14.3 Å². The van der Waals surface area contributed by atoms with Crippen LogP contribution in [0.15, 0.2) is 41.8 Å². The molecule has 1 amide bonds. The van der Waals surface area contributed by atoms with Crippen molar-refractivity contribution in [3.63, 3.8) is 0 Å². The lowest BCUT2D eigenvalue weighted by Crippen LogP contribution is -2.27. The molecule has 2 heterocycles. The lowest BCUT2D eigenvalue weighted by atomic mass is 10.1. The molecule has 136 valence electrons. The molecule has 1 aromatic carbocycles. The van der Waals surface area contributed by atoms with Crippen LogP contribution in [0.2, 0.25) is 0 Å². The Bertz CT molecular complexity index is 888. The van der Waals surface area contributed by atoms with Crippen molar-refractivity contribution in [3.05, 3.63) is 52.3 Å². The van der Waals surface area contributed by atoms with Gasteiger partial charge in [-0.15, -0.1) is 11.3 Å². The third-order valence-electron chi connectivity index (χ3n) is 4.03. The molecule has 7 heteroatoms. The number of hydrogen-bond acceptors (Lipinski definition) is 5. The molecule has 0 saturated carbocycles. The van der Waals surface area contributed by atoms with Crippen molar-refractivity contribution in [2.45, 2.75) is 6.42 Å². The minimum Gasteiger partial charge on any atom is -0.497 e. The molecule has 0 bridgehead atoms. The van der Waals surface area contributed by atoms with Gasteiger partial charge in [0.15, 0.2) is 0 Å². The van der Waals surface area contributed by atoms with E-state index < -0.39 is 0 Å². The Labute approximate surface area is 156 Å². The first-order valence-electron chi connectivity index (χ1n) is 8.19. The summed E-state index contributed by atoms with van der Waals surface area (Å²) < 4.78 is 12.3. The summed E-state index contributed by atoms with van der Waals surface area (Å²) in [5, 5.41) is 9.45. The molecular formula is C19H21N3O3S. The van der Waals surface area contributed by atoms with E-state index in [2.05, 4.69) is 16.5 Å². The van der Waals surface area contributed by atoms with Crippen molar-refractivity contribution in [2.75, 3.05) is 20.8 Å². The molecular weight excluding hydrogens is 350 g/mol. The van der Waals surface area contributed by atoms with Gasteiger partial charge in [-0.1, -0.05) is 6.07 Å². The number of nitrogens with zero attached hydrogens (tertiary/aromatic N) is 2. The van der Waals surface area contributed by atoms with Crippen LogP contribution < -0.4 is 14.8 Å². The van der Waals surface area contributed by atoms with E-state index in [1.165, 1.54) is 4.88 Å². The molecule has 0 atom stereocenters. The van der Waals surface area contributed by atoms with Gasteiger partial charge in [0.05, 0.1) is 19.9 Å². The fraction of sp³-hybridized carbons (Fsp3) is 0.263. The summed E-state index contributed by atoms with van der Waals surface area (Å²) in [6, 6.07) is 11.3. The molecule has 0 radical (unpaired) electrons. The zero-order valence-corrected chi connectivity index (χ0v) is 15.8. The zero-order chi connectivity index (χ0) is 18.5. The van der Waals surface area contributed by atoms with Crippen molar-refractivity contribution in [1.82, 2.24) is 15.1 Å². The van der Waals surface area contributed by atoms with Crippen LogP contribution in [-0.2, 0) is 13.5 Å². The molecule has 1 N–H and O–H groups in total. The third-order valence-corrected chi connectivity index (χ3v) is 4.97. The highest BCUT2D eigenvalue weighted by molar-refractivity contribution is 7.09. The van der Waals surface area contributed by atoms with Crippen LogP contribution in [0.3, 0.4) is 0 Å². The standard InChI is InChI=1S/C19H21N3O3S/c1-22-17(19(23)20-9-8-14-5-4-10-26-14)12-16(21-22)15-11-13(24-2)6-7-18(15)25-3/h4-7,10-12H,8-9H2,1-3H3,(H,20,23). The maximum absolute atomic E-state index is 12.5. The summed E-state index contributed by atoms with van der Waals surface area (Å²) in [6.45, 7) is 0.586. The van der Waals surface area contributed by atoms with Crippen LogP contribution in [0.25, 0.3) is 11.3 Å². The van der Waals surface area contributed by atoms with E-state index in [1.54, 1.807) is 43.4 Å². The lowest BCUT2D eigenvalue weighted by molar-refractivity contribution is 0.0945. The molecule has 0 unspecified atom stereocenters. The van der Waals surface area contributed by atoms with Gasteiger partial charge < -0.3 is 14.8 Å². The summed E-state index contributed by atoms with van der Waals surface area (Å²) in [7, 11) is 4.97. The maximum Gasteiger partial charge on any atom is 0.269 e. The fourth-order valence-corrected chi connectivity index (χ4v) is 3.38. The van der Waals surface area contributed by atoms with Crippen LogP contribution in [0.4, 0.5) is 0 Å². The summed E-state index contributed by atoms with van der Waals surface area (Å²) >= 11 is 1.69. The predicted octanol–water partition coefficient (Wildman–Crippen LogP) is 3.14. The van der Waals surface area contributed by atoms with E-state index in [0.717, 1.165) is 12.0 Å². The minimum absolute atomic E-state index is 0.148. The number of ether oxygens (including phenoxy) is 2. The molecule has 2 aromatic heterocycles. The lowest BCUT2D eigenvalue weighted by Gasteiger charge is -2.08. The maximum atomic E-state index is 12.5. The number of rotatable bonds is 7. The number of aromatic nitrogens is 2. The van der Waals surface area contributed by atoms with Crippen molar-refractivity contribution in [2.24, 2.45) is 7.05 Å². The van der Waals surface area contributed by atoms with Crippen molar-refractivity contribution >= 4 is 17.2 Å². The van der Waals surface area contributed by atoms with E-state index in [-0.39, 0.29) is 5.91 Å². The van der Waals surface area contributed by atoms with Gasteiger partial charge in [0.25, 0.3) is 5.91 Å². The number of methoxy groups -OCH3 is 2. The second kappa shape index (κ2) is 8.05. The first-order chi connectivity index (χ1) is 12.6. The van der Waals surface area contributed by atoms with Crippen LogP contribution in [0, 0.1) is 0 Å². The van der Waals surface area contributed by atoms with Crippen LogP contribution >= 0.6 is 11.3 Å². The largest absolute Gasteiger partial charge is 0.497 e. The smallest absolute Gasteiger partial charge is 0.269 e. The number of thiophene rings is 1. The Morgan fingerprint density at radius 3 is 2.77 bits per heavy atom. The van der Waals surface area contributed by atoms with Gasteiger partial charge in [0, 0.05) is 24.0 Å². The number of aryl methyl sites for hydroxylation is 1. The Hall–Kier alpha value is -2.80. The number of hydrogen-bond donors (Lipinski definition) is 1. The predicted molar refractivity (Wildman–Crippen MR) is 102 cm³/mol. The summed E-state index contributed by atoms with van der Waals surface area (Å²) in [5.74, 6) is 1.23. The molecule has 0 aliphatic carbocycles. The summed E-state index contributed by atoms with van der Waals surface area (Å²) in [4.78, 5) is 13.7. The highest BCUT2D eigenvalue weighted by Gasteiger charge is 2.17. The first kappa shape index (κ1) is 18.0. The number of benzene rings is 1. The van der Waals surface area contributed by atoms with E-state index in [0.29, 0.717) is 29.4 Å². The molecule has 0 spiro atoms. The van der Waals surface area contributed by atoms with Gasteiger partial charge in [-0.05, 0) is 42.1 Å². The van der Waals surface area contributed by atoms with Gasteiger partial charge in [0.2, 0.25) is 0 Å². The molecule has 3 aromatic rings. The summed E-state index contributed by atoms with van der Waals surface area (Å²) in [6.07, 6.45) is 0.817. The van der Waals surface area contributed by atoms with Gasteiger partial charge in [-0.25, -0.2) is 0 Å². The topological polar surface area (TPSA) is 65.4 Å². The third kappa shape index (κ3) is 3.88. The molecule has 0 saturated heterocycles. The molecule has 0 aliphatic rings. The number of carbonyl (C=O) groups excluding carboxylic acids is 1. The second-order valence-corrected chi connectivity index (χ2v) is 6.72. The van der Waals surface area contributed by atoms with Gasteiger partial charge in [0.1, 0.15) is 17.2 Å². The van der Waals surface area contributed by atoms with Gasteiger partial charge in [-0.2, -0.15) is 5.10 Å². The molecule has 0 fully saturated rings. The Morgan fingerprint density at radius 2 is 2.08 bits per heavy atom. The van der Waals surface area contributed by atoms with Gasteiger partial charge in [-0.3, -0.25) is 9.48 Å². The Balaban J connectivity index is 1.77. The second-order valence-electron chi connectivity index (χ2n) is 5.69. The minimum atomic E-state index is -0.148. The quantitative estimate of drug-likeness (QED) is 0.693. The molecule has 26 heavy (non-hydrogen) atoms.